The van der Waals surface area contributed by atoms with Crippen LogP contribution in [0, 0.1) is 11.3 Å². The Balaban J connectivity index is 2.55. The van der Waals surface area contributed by atoms with E-state index in [1.807, 2.05) is 0 Å². The maximum Gasteiger partial charge on any atom is 0.0393 e. The van der Waals surface area contributed by atoms with Crippen molar-refractivity contribution >= 4 is 11.6 Å². The van der Waals surface area contributed by atoms with Gasteiger partial charge in [-0.2, -0.15) is 0 Å². The van der Waals surface area contributed by atoms with Gasteiger partial charge in [0.05, 0.1) is 0 Å². The van der Waals surface area contributed by atoms with Gasteiger partial charge in [-0.1, -0.05) is 20.8 Å². The highest BCUT2D eigenvalue weighted by molar-refractivity contribution is 6.20. The van der Waals surface area contributed by atoms with Crippen LogP contribution in [0.4, 0.5) is 0 Å². The molecule has 0 aliphatic carbocycles. The lowest BCUT2D eigenvalue weighted by Crippen LogP contribution is -2.43. The highest BCUT2D eigenvalue weighted by atomic mass is 35.5. The maximum absolute atomic E-state index is 6.23. The van der Waals surface area contributed by atoms with Crippen LogP contribution in [0.25, 0.3) is 0 Å². The van der Waals surface area contributed by atoms with Crippen LogP contribution in [-0.2, 0) is 0 Å². The van der Waals surface area contributed by atoms with Crippen LogP contribution in [0.3, 0.4) is 0 Å². The zero-order valence-corrected chi connectivity index (χ0v) is 8.41. The van der Waals surface area contributed by atoms with Gasteiger partial charge < -0.3 is 5.32 Å². The van der Waals surface area contributed by atoms with Crippen LogP contribution in [0.1, 0.15) is 27.2 Å². The Hall–Kier alpha value is 0.250. The molecule has 0 radical (unpaired) electrons. The number of nitrogens with one attached hydrogen (secondary N) is 1. The third kappa shape index (κ3) is 2.34. The van der Waals surface area contributed by atoms with E-state index < -0.39 is 0 Å². The monoisotopic (exact) mass is 175 g/mol. The fourth-order valence-corrected chi connectivity index (χ4v) is 2.25. The number of halogens is 1. The normalized spacial score (nSPS) is 33.8. The van der Waals surface area contributed by atoms with Gasteiger partial charge >= 0.3 is 0 Å². The van der Waals surface area contributed by atoms with E-state index in [1.165, 1.54) is 0 Å². The number of hydrogen-bond donors (Lipinski definition) is 1. The SMILES string of the molecule is CC(C)(C)C1CNCCC1Cl. The van der Waals surface area contributed by atoms with Gasteiger partial charge in [0.2, 0.25) is 0 Å². The van der Waals surface area contributed by atoms with Crippen molar-refractivity contribution in [2.75, 3.05) is 13.1 Å². The van der Waals surface area contributed by atoms with Crippen molar-refractivity contribution in [3.8, 4) is 0 Å². The van der Waals surface area contributed by atoms with E-state index in [0.717, 1.165) is 19.5 Å². The second kappa shape index (κ2) is 3.32. The summed E-state index contributed by atoms with van der Waals surface area (Å²) in [5, 5.41) is 3.76. The quantitative estimate of drug-likeness (QED) is 0.557. The molecule has 2 atom stereocenters. The van der Waals surface area contributed by atoms with E-state index in [0.29, 0.717) is 16.7 Å². The van der Waals surface area contributed by atoms with Crippen molar-refractivity contribution < 1.29 is 0 Å². The molecule has 1 aliphatic heterocycles. The molecular formula is C9H18ClN. The first-order valence-electron chi connectivity index (χ1n) is 4.36. The average Bonchev–Trinajstić information content (AvgIpc) is 1.86. The average molecular weight is 176 g/mol. The van der Waals surface area contributed by atoms with Gasteiger partial charge in [-0.25, -0.2) is 0 Å². The van der Waals surface area contributed by atoms with Crippen LogP contribution < -0.4 is 5.32 Å². The molecule has 2 heteroatoms. The van der Waals surface area contributed by atoms with Gasteiger partial charge in [0.25, 0.3) is 0 Å². The molecule has 0 aromatic rings. The van der Waals surface area contributed by atoms with Gasteiger partial charge in [-0.05, 0) is 30.8 Å². The molecule has 0 saturated carbocycles. The molecule has 0 bridgehead atoms. The molecule has 0 aromatic carbocycles. The fraction of sp³-hybridized carbons (Fsp3) is 1.00. The van der Waals surface area contributed by atoms with Gasteiger partial charge in [0, 0.05) is 5.38 Å². The first kappa shape index (κ1) is 9.34. The molecule has 1 saturated heterocycles. The lowest BCUT2D eigenvalue weighted by molar-refractivity contribution is 0.198. The predicted octanol–water partition coefficient (Wildman–Crippen LogP) is 2.25. The number of hydrogen-bond acceptors (Lipinski definition) is 1. The van der Waals surface area contributed by atoms with Gasteiger partial charge in [0.15, 0.2) is 0 Å². The van der Waals surface area contributed by atoms with Gasteiger partial charge in [0.1, 0.15) is 0 Å². The summed E-state index contributed by atoms with van der Waals surface area (Å²) in [4.78, 5) is 0. The maximum atomic E-state index is 6.23. The van der Waals surface area contributed by atoms with Crippen LogP contribution >= 0.6 is 11.6 Å². The largest absolute Gasteiger partial charge is 0.316 e. The molecule has 0 amide bonds. The summed E-state index contributed by atoms with van der Waals surface area (Å²) >= 11 is 6.23. The summed E-state index contributed by atoms with van der Waals surface area (Å²) in [5.41, 5.74) is 0.347. The van der Waals surface area contributed by atoms with Gasteiger partial charge in [-0.15, -0.1) is 11.6 Å². The Bertz CT molecular complexity index is 128. The summed E-state index contributed by atoms with van der Waals surface area (Å²) in [5.74, 6) is 0.623. The summed E-state index contributed by atoms with van der Waals surface area (Å²) in [7, 11) is 0. The van der Waals surface area contributed by atoms with Crippen molar-refractivity contribution in [1.29, 1.82) is 0 Å². The van der Waals surface area contributed by atoms with Crippen molar-refractivity contribution in [2.24, 2.45) is 11.3 Å². The minimum Gasteiger partial charge on any atom is -0.316 e. The lowest BCUT2D eigenvalue weighted by Gasteiger charge is -2.37. The molecule has 0 aromatic heterocycles. The molecule has 1 rings (SSSR count). The zero-order valence-electron chi connectivity index (χ0n) is 7.65. The number of piperidine rings is 1. The second-order valence-electron chi connectivity index (χ2n) is 4.48. The van der Waals surface area contributed by atoms with Crippen LogP contribution in [0.5, 0.6) is 0 Å². The molecule has 1 heterocycles. The minimum absolute atomic E-state index is 0.347. The Kier molecular flexibility index (Phi) is 2.82. The molecular weight excluding hydrogens is 158 g/mol. The smallest absolute Gasteiger partial charge is 0.0393 e. The molecule has 1 fully saturated rings. The number of alkyl halides is 1. The van der Waals surface area contributed by atoms with E-state index in [-0.39, 0.29) is 0 Å². The van der Waals surface area contributed by atoms with Crippen LogP contribution in [-0.4, -0.2) is 18.5 Å². The third-order valence-electron chi connectivity index (χ3n) is 2.51. The van der Waals surface area contributed by atoms with E-state index in [1.54, 1.807) is 0 Å². The third-order valence-corrected chi connectivity index (χ3v) is 3.03. The van der Waals surface area contributed by atoms with Gasteiger partial charge in [-0.3, -0.25) is 0 Å². The molecule has 1 N–H and O–H groups in total. The van der Waals surface area contributed by atoms with E-state index in [2.05, 4.69) is 26.1 Å². The van der Waals surface area contributed by atoms with Crippen LogP contribution in [0.15, 0.2) is 0 Å². The summed E-state index contributed by atoms with van der Waals surface area (Å²) in [6.07, 6.45) is 1.11. The molecule has 66 valence electrons. The fourth-order valence-electron chi connectivity index (χ4n) is 1.68. The highest BCUT2D eigenvalue weighted by Crippen LogP contribution is 2.33. The second-order valence-corrected chi connectivity index (χ2v) is 5.04. The molecule has 1 aliphatic rings. The van der Waals surface area contributed by atoms with Crippen molar-refractivity contribution in [1.82, 2.24) is 5.32 Å². The minimum atomic E-state index is 0.347. The van der Waals surface area contributed by atoms with Crippen molar-refractivity contribution in [3.05, 3.63) is 0 Å². The summed E-state index contributed by atoms with van der Waals surface area (Å²) in [6, 6.07) is 0. The summed E-state index contributed by atoms with van der Waals surface area (Å²) in [6.45, 7) is 8.96. The molecule has 11 heavy (non-hydrogen) atoms. The van der Waals surface area contributed by atoms with E-state index in [4.69, 9.17) is 11.6 Å². The Morgan fingerprint density at radius 1 is 1.36 bits per heavy atom. The van der Waals surface area contributed by atoms with Crippen molar-refractivity contribution in [3.63, 3.8) is 0 Å². The first-order valence-corrected chi connectivity index (χ1v) is 4.80. The standard InChI is InChI=1S/C9H18ClN/c1-9(2,3)7-6-11-5-4-8(7)10/h7-8,11H,4-6H2,1-3H3. The lowest BCUT2D eigenvalue weighted by atomic mass is 9.76. The zero-order chi connectivity index (χ0) is 8.48. The number of rotatable bonds is 0. The molecule has 1 nitrogen and oxygen atoms in total. The van der Waals surface area contributed by atoms with Crippen molar-refractivity contribution in [2.45, 2.75) is 32.6 Å². The summed E-state index contributed by atoms with van der Waals surface area (Å²) < 4.78 is 0. The first-order chi connectivity index (χ1) is 5.02. The predicted molar refractivity (Wildman–Crippen MR) is 50.1 cm³/mol. The Labute approximate surface area is 74.5 Å². The highest BCUT2D eigenvalue weighted by Gasteiger charge is 2.32. The Morgan fingerprint density at radius 3 is 2.36 bits per heavy atom. The molecule has 2 unspecified atom stereocenters. The molecule has 0 spiro atoms. The van der Waals surface area contributed by atoms with E-state index in [9.17, 15) is 0 Å². The van der Waals surface area contributed by atoms with E-state index >= 15 is 0 Å². The van der Waals surface area contributed by atoms with Crippen LogP contribution in [0.2, 0.25) is 0 Å². The Morgan fingerprint density at radius 2 is 2.00 bits per heavy atom. The topological polar surface area (TPSA) is 12.0 Å².